The molecule has 0 unspecified atom stereocenters. The van der Waals surface area contributed by atoms with Gasteiger partial charge in [-0.05, 0) is 29.3 Å². The standard InChI is InChI=1S/C22H18F3N3O5/c1-27-18(26)17(19(30)28(2)21(27)32)16(29)11-33-20(31)15-6-4-3-5-14(15)12-7-9-13(10-8-12)22(23,24)25/h3-10H,11,26H2,1-2H3. The Morgan fingerprint density at radius 3 is 2.18 bits per heavy atom. The number of benzene rings is 2. The number of alkyl halides is 3. The Morgan fingerprint density at radius 1 is 0.970 bits per heavy atom. The number of ether oxygens (including phenoxy) is 1. The van der Waals surface area contributed by atoms with Gasteiger partial charge >= 0.3 is 17.8 Å². The summed E-state index contributed by atoms with van der Waals surface area (Å²) in [5, 5.41) is 0. The molecule has 0 radical (unpaired) electrons. The van der Waals surface area contributed by atoms with Crippen molar-refractivity contribution in [3.8, 4) is 11.1 Å². The molecule has 0 saturated carbocycles. The molecule has 1 aromatic heterocycles. The van der Waals surface area contributed by atoms with E-state index < -0.39 is 46.9 Å². The highest BCUT2D eigenvalue weighted by molar-refractivity contribution is 6.03. The van der Waals surface area contributed by atoms with E-state index in [0.717, 1.165) is 16.7 Å². The number of anilines is 1. The Kier molecular flexibility index (Phi) is 6.25. The van der Waals surface area contributed by atoms with Crippen LogP contribution >= 0.6 is 0 Å². The third-order valence-electron chi connectivity index (χ3n) is 4.99. The second-order valence-corrected chi connectivity index (χ2v) is 7.09. The normalized spacial score (nSPS) is 11.3. The third kappa shape index (κ3) is 4.56. The number of rotatable bonds is 5. The van der Waals surface area contributed by atoms with Crippen LogP contribution in [0.4, 0.5) is 19.0 Å². The fraction of sp³-hybridized carbons (Fsp3) is 0.182. The first-order valence-corrected chi connectivity index (χ1v) is 9.46. The van der Waals surface area contributed by atoms with Crippen LogP contribution in [0, 0.1) is 0 Å². The van der Waals surface area contributed by atoms with Gasteiger partial charge in [0.2, 0.25) is 5.78 Å². The average molecular weight is 461 g/mol. The molecule has 0 aliphatic rings. The molecule has 2 aromatic carbocycles. The first kappa shape index (κ1) is 23.5. The molecule has 1 heterocycles. The van der Waals surface area contributed by atoms with Gasteiger partial charge in [0.1, 0.15) is 11.4 Å². The molecular weight excluding hydrogens is 443 g/mol. The Balaban J connectivity index is 1.85. The second-order valence-electron chi connectivity index (χ2n) is 7.09. The van der Waals surface area contributed by atoms with Crippen LogP contribution in [0.15, 0.2) is 58.1 Å². The van der Waals surface area contributed by atoms with Gasteiger partial charge in [-0.1, -0.05) is 30.3 Å². The fourth-order valence-electron chi connectivity index (χ4n) is 3.15. The van der Waals surface area contributed by atoms with Gasteiger partial charge in [0.05, 0.1) is 11.1 Å². The van der Waals surface area contributed by atoms with Crippen LogP contribution in [0.1, 0.15) is 26.3 Å². The van der Waals surface area contributed by atoms with Gasteiger partial charge in [0, 0.05) is 14.1 Å². The van der Waals surface area contributed by atoms with Crippen molar-refractivity contribution in [2.24, 2.45) is 14.1 Å². The first-order chi connectivity index (χ1) is 15.4. The van der Waals surface area contributed by atoms with E-state index in [2.05, 4.69) is 0 Å². The molecule has 0 amide bonds. The predicted octanol–water partition coefficient (Wildman–Crippen LogP) is 2.39. The van der Waals surface area contributed by atoms with Gasteiger partial charge in [-0.3, -0.25) is 18.7 Å². The van der Waals surface area contributed by atoms with Gasteiger partial charge in [-0.25, -0.2) is 9.59 Å². The number of nitrogens with zero attached hydrogens (tertiary/aromatic N) is 2. The summed E-state index contributed by atoms with van der Waals surface area (Å²) >= 11 is 0. The van der Waals surface area contributed by atoms with Crippen molar-refractivity contribution in [1.82, 2.24) is 9.13 Å². The summed E-state index contributed by atoms with van der Waals surface area (Å²) in [5.74, 6) is -2.21. The molecule has 11 heteroatoms. The maximum atomic E-state index is 12.8. The monoisotopic (exact) mass is 461 g/mol. The van der Waals surface area contributed by atoms with E-state index in [1.54, 1.807) is 6.07 Å². The lowest BCUT2D eigenvalue weighted by Gasteiger charge is -2.12. The molecule has 0 aliphatic carbocycles. The minimum Gasteiger partial charge on any atom is -0.454 e. The number of nitrogens with two attached hydrogens (primary N) is 1. The van der Waals surface area contributed by atoms with Gasteiger partial charge in [0.15, 0.2) is 6.61 Å². The van der Waals surface area contributed by atoms with Crippen LogP contribution in [0.2, 0.25) is 0 Å². The van der Waals surface area contributed by atoms with E-state index in [0.29, 0.717) is 15.7 Å². The lowest BCUT2D eigenvalue weighted by atomic mass is 9.98. The third-order valence-corrected chi connectivity index (χ3v) is 4.99. The van der Waals surface area contributed by atoms with Crippen molar-refractivity contribution >= 4 is 17.6 Å². The molecule has 2 N–H and O–H groups in total. The highest BCUT2D eigenvalue weighted by atomic mass is 19.4. The van der Waals surface area contributed by atoms with Crippen LogP contribution < -0.4 is 17.0 Å². The maximum Gasteiger partial charge on any atom is 0.416 e. The van der Waals surface area contributed by atoms with Gasteiger partial charge in [0.25, 0.3) is 5.56 Å². The Morgan fingerprint density at radius 2 is 1.58 bits per heavy atom. The molecule has 0 saturated heterocycles. The van der Waals surface area contributed by atoms with Crippen molar-refractivity contribution in [3.05, 3.63) is 86.1 Å². The Labute approximate surface area is 184 Å². The summed E-state index contributed by atoms with van der Waals surface area (Å²) < 4.78 is 45.1. The Hall–Kier alpha value is -4.15. The quantitative estimate of drug-likeness (QED) is 0.461. The van der Waals surface area contributed by atoms with Crippen molar-refractivity contribution < 1.29 is 27.5 Å². The topological polar surface area (TPSA) is 113 Å². The fourth-order valence-corrected chi connectivity index (χ4v) is 3.15. The van der Waals surface area contributed by atoms with E-state index >= 15 is 0 Å². The zero-order valence-electron chi connectivity index (χ0n) is 17.5. The first-order valence-electron chi connectivity index (χ1n) is 9.46. The number of carbonyl (C=O) groups is 2. The number of hydrogen-bond donors (Lipinski definition) is 1. The maximum absolute atomic E-state index is 12.8. The van der Waals surface area contributed by atoms with Crippen molar-refractivity contribution in [1.29, 1.82) is 0 Å². The lowest BCUT2D eigenvalue weighted by Crippen LogP contribution is -2.42. The molecule has 0 spiro atoms. The number of aromatic nitrogens is 2. The van der Waals surface area contributed by atoms with Gasteiger partial charge < -0.3 is 10.5 Å². The molecule has 8 nitrogen and oxygen atoms in total. The number of carbonyl (C=O) groups excluding carboxylic acids is 2. The SMILES string of the molecule is Cn1c(N)c(C(=O)COC(=O)c2ccccc2-c2ccc(C(F)(F)F)cc2)c(=O)n(C)c1=O. The number of ketones is 1. The van der Waals surface area contributed by atoms with Crippen molar-refractivity contribution in [2.75, 3.05) is 12.3 Å². The van der Waals surface area contributed by atoms with E-state index in [-0.39, 0.29) is 11.4 Å². The van der Waals surface area contributed by atoms with Crippen LogP contribution in [0.25, 0.3) is 11.1 Å². The van der Waals surface area contributed by atoms with Crippen LogP contribution in [-0.2, 0) is 25.0 Å². The van der Waals surface area contributed by atoms with E-state index in [4.69, 9.17) is 10.5 Å². The minimum atomic E-state index is -4.50. The number of esters is 1. The zero-order chi connectivity index (χ0) is 24.5. The van der Waals surface area contributed by atoms with Crippen LogP contribution in [0.3, 0.4) is 0 Å². The zero-order valence-corrected chi connectivity index (χ0v) is 17.5. The summed E-state index contributed by atoms with van der Waals surface area (Å²) in [6.07, 6.45) is -4.50. The summed E-state index contributed by atoms with van der Waals surface area (Å²) in [4.78, 5) is 49.3. The number of nitrogen functional groups attached to an aromatic ring is 1. The van der Waals surface area contributed by atoms with E-state index in [1.165, 1.54) is 44.4 Å². The van der Waals surface area contributed by atoms with Crippen molar-refractivity contribution in [3.63, 3.8) is 0 Å². The largest absolute Gasteiger partial charge is 0.454 e. The molecular formula is C22H18F3N3O5. The molecule has 33 heavy (non-hydrogen) atoms. The average Bonchev–Trinajstić information content (AvgIpc) is 2.79. The smallest absolute Gasteiger partial charge is 0.416 e. The second kappa shape index (κ2) is 8.77. The van der Waals surface area contributed by atoms with E-state index in [1.807, 2.05) is 0 Å². The highest BCUT2D eigenvalue weighted by Crippen LogP contribution is 2.32. The molecule has 3 aromatic rings. The lowest BCUT2D eigenvalue weighted by molar-refractivity contribution is -0.137. The highest BCUT2D eigenvalue weighted by Gasteiger charge is 2.30. The molecule has 0 atom stereocenters. The number of Topliss-reactive ketones (excluding diaryl/α,β-unsaturated/α-hetero) is 1. The molecule has 3 rings (SSSR count). The number of hydrogen-bond acceptors (Lipinski definition) is 6. The molecule has 0 bridgehead atoms. The summed E-state index contributed by atoms with van der Waals surface area (Å²) in [5.41, 5.74) is 3.36. The molecule has 0 fully saturated rings. The van der Waals surface area contributed by atoms with Crippen LogP contribution in [0.5, 0.6) is 0 Å². The van der Waals surface area contributed by atoms with E-state index in [9.17, 15) is 32.3 Å². The predicted molar refractivity (Wildman–Crippen MR) is 113 cm³/mol. The summed E-state index contributed by atoms with van der Waals surface area (Å²) in [6.45, 7) is -0.835. The molecule has 0 aliphatic heterocycles. The molecule has 172 valence electrons. The van der Waals surface area contributed by atoms with Crippen LogP contribution in [-0.4, -0.2) is 27.5 Å². The summed E-state index contributed by atoms with van der Waals surface area (Å²) in [6, 6.07) is 10.2. The number of halogens is 3. The Bertz CT molecular complexity index is 1360. The van der Waals surface area contributed by atoms with Gasteiger partial charge in [-0.2, -0.15) is 13.2 Å². The summed E-state index contributed by atoms with van der Waals surface area (Å²) in [7, 11) is 2.45. The minimum absolute atomic E-state index is 0.00592. The van der Waals surface area contributed by atoms with Crippen molar-refractivity contribution in [2.45, 2.75) is 6.18 Å². The van der Waals surface area contributed by atoms with Gasteiger partial charge in [-0.15, -0.1) is 0 Å².